The highest BCUT2D eigenvalue weighted by atomic mass is 16.5. The molecule has 0 saturated carbocycles. The second-order valence-corrected chi connectivity index (χ2v) is 4.96. The Kier molecular flexibility index (Phi) is 4.08. The fourth-order valence-corrected chi connectivity index (χ4v) is 2.02. The quantitative estimate of drug-likeness (QED) is 0.910. The Hall–Kier alpha value is -2.30. The minimum absolute atomic E-state index is 0.184. The number of hydrogen-bond donors (Lipinski definition) is 1. The highest BCUT2D eigenvalue weighted by Gasteiger charge is 2.10. The third-order valence-corrected chi connectivity index (χ3v) is 3.18. The molecule has 1 N–H and O–H groups in total. The van der Waals surface area contributed by atoms with Gasteiger partial charge in [0.25, 0.3) is 0 Å². The summed E-state index contributed by atoms with van der Waals surface area (Å²) in [6.45, 7) is 4.74. The van der Waals surface area contributed by atoms with E-state index in [0.717, 1.165) is 11.3 Å². The standard InChI is InChI=1S/C15H18N2O3/c1-10(2)11-4-5-14(20-3)12(6-11)8-17-9-13(7-16-17)15(18)19/h4-7,9-10H,8H2,1-3H3,(H,18,19). The Bertz CT molecular complexity index is 617. The van der Waals surface area contributed by atoms with Gasteiger partial charge in [0.15, 0.2) is 0 Å². The van der Waals surface area contributed by atoms with Crippen LogP contribution in [0.25, 0.3) is 0 Å². The van der Waals surface area contributed by atoms with Gasteiger partial charge in [0.1, 0.15) is 5.75 Å². The van der Waals surface area contributed by atoms with Crippen LogP contribution in [0.4, 0.5) is 0 Å². The number of hydrogen-bond acceptors (Lipinski definition) is 3. The Morgan fingerprint density at radius 3 is 2.75 bits per heavy atom. The summed E-state index contributed by atoms with van der Waals surface area (Å²) in [5.41, 5.74) is 2.38. The maximum Gasteiger partial charge on any atom is 0.338 e. The highest BCUT2D eigenvalue weighted by molar-refractivity contribution is 5.86. The molecule has 1 aromatic heterocycles. The van der Waals surface area contributed by atoms with Crippen molar-refractivity contribution < 1.29 is 14.6 Å². The number of nitrogens with zero attached hydrogens (tertiary/aromatic N) is 2. The molecule has 106 valence electrons. The van der Waals surface area contributed by atoms with Gasteiger partial charge in [-0.05, 0) is 23.6 Å². The highest BCUT2D eigenvalue weighted by Crippen LogP contribution is 2.24. The second kappa shape index (κ2) is 5.77. The van der Waals surface area contributed by atoms with Gasteiger partial charge in [0.2, 0.25) is 0 Å². The molecule has 20 heavy (non-hydrogen) atoms. The topological polar surface area (TPSA) is 64.3 Å². The predicted molar refractivity (Wildman–Crippen MR) is 75.4 cm³/mol. The zero-order valence-corrected chi connectivity index (χ0v) is 11.8. The second-order valence-electron chi connectivity index (χ2n) is 4.96. The molecule has 1 heterocycles. The van der Waals surface area contributed by atoms with Crippen molar-refractivity contribution in [2.24, 2.45) is 0 Å². The fraction of sp³-hybridized carbons (Fsp3) is 0.333. The lowest BCUT2D eigenvalue weighted by Crippen LogP contribution is -2.04. The molecule has 0 spiro atoms. The van der Waals surface area contributed by atoms with E-state index in [0.29, 0.717) is 12.5 Å². The smallest absolute Gasteiger partial charge is 0.338 e. The van der Waals surface area contributed by atoms with Crippen molar-refractivity contribution in [3.63, 3.8) is 0 Å². The number of carboxylic acid groups (broad SMARTS) is 1. The summed E-state index contributed by atoms with van der Waals surface area (Å²) in [6, 6.07) is 6.05. The van der Waals surface area contributed by atoms with E-state index < -0.39 is 5.97 Å². The molecule has 0 amide bonds. The summed E-state index contributed by atoms with van der Waals surface area (Å²) in [5.74, 6) is 0.229. The molecule has 0 atom stereocenters. The van der Waals surface area contributed by atoms with Crippen LogP contribution in [0, 0.1) is 0 Å². The lowest BCUT2D eigenvalue weighted by atomic mass is 10.0. The number of aromatic carboxylic acids is 1. The third-order valence-electron chi connectivity index (χ3n) is 3.18. The lowest BCUT2D eigenvalue weighted by Gasteiger charge is -2.12. The number of carboxylic acids is 1. The molecule has 0 aliphatic carbocycles. The van der Waals surface area contributed by atoms with E-state index in [4.69, 9.17) is 9.84 Å². The van der Waals surface area contributed by atoms with Crippen molar-refractivity contribution in [1.82, 2.24) is 9.78 Å². The average molecular weight is 274 g/mol. The summed E-state index contributed by atoms with van der Waals surface area (Å²) in [4.78, 5) is 10.9. The Labute approximate surface area is 117 Å². The summed E-state index contributed by atoms with van der Waals surface area (Å²) in [6.07, 6.45) is 2.87. The molecule has 1 aromatic carbocycles. The van der Waals surface area contributed by atoms with Gasteiger partial charge in [-0.25, -0.2) is 4.79 Å². The van der Waals surface area contributed by atoms with Gasteiger partial charge in [0.05, 0.1) is 25.4 Å². The van der Waals surface area contributed by atoms with Crippen LogP contribution < -0.4 is 4.74 Å². The molecule has 0 radical (unpaired) electrons. The van der Waals surface area contributed by atoms with Crippen LogP contribution in [0.1, 0.15) is 41.3 Å². The van der Waals surface area contributed by atoms with Crippen LogP contribution >= 0.6 is 0 Å². The van der Waals surface area contributed by atoms with Gasteiger partial charge in [-0.2, -0.15) is 5.10 Å². The number of rotatable bonds is 5. The molecule has 5 nitrogen and oxygen atoms in total. The number of carbonyl (C=O) groups is 1. The minimum Gasteiger partial charge on any atom is -0.496 e. The Morgan fingerprint density at radius 1 is 1.45 bits per heavy atom. The van der Waals surface area contributed by atoms with Gasteiger partial charge in [-0.1, -0.05) is 19.9 Å². The van der Waals surface area contributed by atoms with Gasteiger partial charge >= 0.3 is 5.97 Å². The maximum absolute atomic E-state index is 10.9. The first-order chi connectivity index (χ1) is 9.51. The lowest BCUT2D eigenvalue weighted by molar-refractivity contribution is 0.0697. The van der Waals surface area contributed by atoms with Gasteiger partial charge in [-0.3, -0.25) is 4.68 Å². The fourth-order valence-electron chi connectivity index (χ4n) is 2.02. The van der Waals surface area contributed by atoms with Crippen molar-refractivity contribution in [3.05, 3.63) is 47.3 Å². The maximum atomic E-state index is 10.9. The number of benzene rings is 1. The molecule has 0 aliphatic heterocycles. The van der Waals surface area contributed by atoms with Crippen molar-refractivity contribution in [2.45, 2.75) is 26.3 Å². The molecular formula is C15H18N2O3. The predicted octanol–water partition coefficient (Wildman–Crippen LogP) is 2.76. The zero-order valence-electron chi connectivity index (χ0n) is 11.8. The van der Waals surface area contributed by atoms with Crippen LogP contribution in [0.3, 0.4) is 0 Å². The van der Waals surface area contributed by atoms with Gasteiger partial charge in [-0.15, -0.1) is 0 Å². The first-order valence-corrected chi connectivity index (χ1v) is 6.44. The molecule has 0 saturated heterocycles. The van der Waals surface area contributed by atoms with E-state index in [-0.39, 0.29) is 5.56 Å². The van der Waals surface area contributed by atoms with E-state index in [9.17, 15) is 4.79 Å². The van der Waals surface area contributed by atoms with Gasteiger partial charge < -0.3 is 9.84 Å². The number of methoxy groups -OCH3 is 1. The normalized spacial score (nSPS) is 10.8. The van der Waals surface area contributed by atoms with Crippen molar-refractivity contribution in [1.29, 1.82) is 0 Å². The van der Waals surface area contributed by atoms with Crippen LogP contribution in [-0.4, -0.2) is 28.0 Å². The van der Waals surface area contributed by atoms with Crippen molar-refractivity contribution >= 4 is 5.97 Å². The van der Waals surface area contributed by atoms with Crippen LogP contribution in [0.5, 0.6) is 5.75 Å². The van der Waals surface area contributed by atoms with E-state index in [1.165, 1.54) is 18.0 Å². The average Bonchev–Trinajstić information content (AvgIpc) is 2.87. The zero-order chi connectivity index (χ0) is 14.7. The molecule has 2 aromatic rings. The minimum atomic E-state index is -0.973. The SMILES string of the molecule is COc1ccc(C(C)C)cc1Cn1cc(C(=O)O)cn1. The van der Waals surface area contributed by atoms with Crippen molar-refractivity contribution in [3.8, 4) is 5.75 Å². The first kappa shape index (κ1) is 14.1. The van der Waals surface area contributed by atoms with E-state index in [1.54, 1.807) is 11.8 Å². The monoisotopic (exact) mass is 274 g/mol. The third kappa shape index (κ3) is 2.99. The van der Waals surface area contributed by atoms with E-state index in [2.05, 4.69) is 25.0 Å². The number of aromatic nitrogens is 2. The molecule has 2 rings (SSSR count). The summed E-state index contributed by atoms with van der Waals surface area (Å²) >= 11 is 0. The summed E-state index contributed by atoms with van der Waals surface area (Å²) in [5, 5.41) is 13.0. The Morgan fingerprint density at radius 2 is 2.20 bits per heavy atom. The molecule has 0 bridgehead atoms. The van der Waals surface area contributed by atoms with Crippen LogP contribution in [-0.2, 0) is 6.54 Å². The molecule has 0 fully saturated rings. The van der Waals surface area contributed by atoms with E-state index in [1.807, 2.05) is 12.1 Å². The molecule has 0 unspecified atom stereocenters. The largest absolute Gasteiger partial charge is 0.496 e. The van der Waals surface area contributed by atoms with Gasteiger partial charge in [0, 0.05) is 11.8 Å². The first-order valence-electron chi connectivity index (χ1n) is 6.44. The summed E-state index contributed by atoms with van der Waals surface area (Å²) < 4.78 is 6.95. The van der Waals surface area contributed by atoms with Crippen LogP contribution in [0.15, 0.2) is 30.6 Å². The Balaban J connectivity index is 2.30. The van der Waals surface area contributed by atoms with Crippen LogP contribution in [0.2, 0.25) is 0 Å². The van der Waals surface area contributed by atoms with Crippen molar-refractivity contribution in [2.75, 3.05) is 7.11 Å². The molecule has 5 heteroatoms. The molecule has 0 aliphatic rings. The van der Waals surface area contributed by atoms with E-state index >= 15 is 0 Å². The summed E-state index contributed by atoms with van der Waals surface area (Å²) in [7, 11) is 1.62. The molecular weight excluding hydrogens is 256 g/mol. The number of ether oxygens (including phenoxy) is 1.